The highest BCUT2D eigenvalue weighted by atomic mass is 15.5. The Hall–Kier alpha value is -2.03. The third kappa shape index (κ3) is 3.26. The van der Waals surface area contributed by atoms with Crippen molar-refractivity contribution in [1.82, 2.24) is 9.58 Å². The first kappa shape index (κ1) is 16.8. The molecule has 3 rings (SSSR count). The van der Waals surface area contributed by atoms with Crippen molar-refractivity contribution in [2.75, 3.05) is 0 Å². The van der Waals surface area contributed by atoms with E-state index in [0.29, 0.717) is 12.1 Å². The zero-order chi connectivity index (χ0) is 17.3. The van der Waals surface area contributed by atoms with Crippen molar-refractivity contribution >= 4 is 6.21 Å². The summed E-state index contributed by atoms with van der Waals surface area (Å²) in [6.07, 6.45) is 5.84. The van der Waals surface area contributed by atoms with E-state index in [1.54, 1.807) is 0 Å². The molecule has 0 aliphatic carbocycles. The number of hydrogen-bond acceptors (Lipinski definition) is 2. The van der Waals surface area contributed by atoms with Gasteiger partial charge >= 0.3 is 0 Å². The van der Waals surface area contributed by atoms with Gasteiger partial charge in [-0.1, -0.05) is 17.7 Å². The number of hydrogen-bond donors (Lipinski definition) is 0. The SMILES string of the molecule is Cc1ccc(-n2c(C)cc(C=NN3C(C)CCCC3C)c2C)cc1. The van der Waals surface area contributed by atoms with Gasteiger partial charge in [-0.25, -0.2) is 0 Å². The lowest BCUT2D eigenvalue weighted by Gasteiger charge is -2.36. The number of aromatic nitrogens is 1. The summed E-state index contributed by atoms with van der Waals surface area (Å²) in [5.41, 5.74) is 6.21. The van der Waals surface area contributed by atoms with Crippen LogP contribution >= 0.6 is 0 Å². The smallest absolute Gasteiger partial charge is 0.0561 e. The van der Waals surface area contributed by atoms with E-state index in [1.165, 1.54) is 47.5 Å². The molecule has 0 radical (unpaired) electrons. The second-order valence-corrected chi connectivity index (χ2v) is 7.25. The maximum Gasteiger partial charge on any atom is 0.0561 e. The average molecular weight is 323 g/mol. The summed E-state index contributed by atoms with van der Waals surface area (Å²) in [7, 11) is 0. The zero-order valence-electron chi connectivity index (χ0n) is 15.6. The minimum absolute atomic E-state index is 0.533. The van der Waals surface area contributed by atoms with Crippen LogP contribution in [0.3, 0.4) is 0 Å². The van der Waals surface area contributed by atoms with Gasteiger partial charge in [0.2, 0.25) is 0 Å². The zero-order valence-corrected chi connectivity index (χ0v) is 15.6. The van der Waals surface area contributed by atoms with Gasteiger partial charge < -0.3 is 4.57 Å². The van der Waals surface area contributed by atoms with Crippen molar-refractivity contribution in [1.29, 1.82) is 0 Å². The highest BCUT2D eigenvalue weighted by Gasteiger charge is 2.22. The fourth-order valence-corrected chi connectivity index (χ4v) is 3.77. The number of hydrazone groups is 1. The second kappa shape index (κ2) is 6.84. The Labute approximate surface area is 146 Å². The molecule has 0 amide bonds. The summed E-state index contributed by atoms with van der Waals surface area (Å²) >= 11 is 0. The highest BCUT2D eigenvalue weighted by molar-refractivity contribution is 5.82. The largest absolute Gasteiger partial charge is 0.318 e. The van der Waals surface area contributed by atoms with Crippen molar-refractivity contribution in [3.05, 3.63) is 52.8 Å². The second-order valence-electron chi connectivity index (χ2n) is 7.25. The number of rotatable bonds is 3. The van der Waals surface area contributed by atoms with Crippen LogP contribution in [-0.2, 0) is 0 Å². The average Bonchev–Trinajstić information content (AvgIpc) is 2.82. The fraction of sp³-hybridized carbons (Fsp3) is 0.476. The van der Waals surface area contributed by atoms with Crippen LogP contribution in [0.25, 0.3) is 5.69 Å². The predicted octanol–water partition coefficient (Wildman–Crippen LogP) is 5.00. The Balaban J connectivity index is 1.88. The molecule has 1 aromatic heterocycles. The summed E-state index contributed by atoms with van der Waals surface area (Å²) < 4.78 is 2.31. The molecule has 0 N–H and O–H groups in total. The van der Waals surface area contributed by atoms with Crippen LogP contribution in [0, 0.1) is 20.8 Å². The van der Waals surface area contributed by atoms with Gasteiger partial charge in [-0.05, 0) is 72.1 Å². The van der Waals surface area contributed by atoms with E-state index in [1.807, 2.05) is 6.21 Å². The highest BCUT2D eigenvalue weighted by Crippen LogP contribution is 2.24. The maximum absolute atomic E-state index is 4.83. The molecule has 3 nitrogen and oxygen atoms in total. The van der Waals surface area contributed by atoms with Gasteiger partial charge in [0.25, 0.3) is 0 Å². The summed E-state index contributed by atoms with van der Waals surface area (Å²) in [4.78, 5) is 0. The van der Waals surface area contributed by atoms with E-state index in [0.717, 1.165) is 0 Å². The third-order valence-electron chi connectivity index (χ3n) is 5.24. The normalized spacial score (nSPS) is 21.6. The molecular weight excluding hydrogens is 294 g/mol. The van der Waals surface area contributed by atoms with Gasteiger partial charge in [-0.15, -0.1) is 0 Å². The molecule has 2 aromatic rings. The molecule has 1 aliphatic rings. The lowest BCUT2D eigenvalue weighted by Crippen LogP contribution is -2.39. The van der Waals surface area contributed by atoms with Crippen molar-refractivity contribution in [2.24, 2.45) is 5.10 Å². The first-order valence-electron chi connectivity index (χ1n) is 9.05. The topological polar surface area (TPSA) is 20.5 Å². The van der Waals surface area contributed by atoms with Crippen LogP contribution in [0.4, 0.5) is 0 Å². The monoisotopic (exact) mass is 323 g/mol. The molecule has 2 heterocycles. The molecule has 3 heteroatoms. The van der Waals surface area contributed by atoms with Crippen LogP contribution in [0.1, 0.15) is 55.6 Å². The Morgan fingerprint density at radius 1 is 1.00 bits per heavy atom. The third-order valence-corrected chi connectivity index (χ3v) is 5.24. The standard InChI is InChI=1S/C21H29N3/c1-15-9-11-21(12-10-15)23-18(4)13-20(19(23)5)14-22-24-16(2)7-6-8-17(24)3/h9-14,16-17H,6-8H2,1-5H3. The Morgan fingerprint density at radius 2 is 1.62 bits per heavy atom. The molecule has 1 saturated heterocycles. The number of benzene rings is 1. The van der Waals surface area contributed by atoms with E-state index >= 15 is 0 Å². The minimum atomic E-state index is 0.533. The van der Waals surface area contributed by atoms with Crippen molar-refractivity contribution in [2.45, 2.75) is 66.0 Å². The molecule has 1 aliphatic heterocycles. The van der Waals surface area contributed by atoms with Gasteiger partial charge in [-0.2, -0.15) is 5.10 Å². The van der Waals surface area contributed by atoms with Gasteiger partial charge in [0.1, 0.15) is 0 Å². The minimum Gasteiger partial charge on any atom is -0.318 e. The Bertz CT molecular complexity index is 714. The van der Waals surface area contributed by atoms with Crippen LogP contribution in [0.5, 0.6) is 0 Å². The van der Waals surface area contributed by atoms with E-state index in [4.69, 9.17) is 5.10 Å². The lowest BCUT2D eigenvalue weighted by molar-refractivity contribution is 0.109. The summed E-state index contributed by atoms with van der Waals surface area (Å²) in [6, 6.07) is 12.0. The van der Waals surface area contributed by atoms with Crippen LogP contribution in [-0.4, -0.2) is 27.9 Å². The number of piperidine rings is 1. The van der Waals surface area contributed by atoms with Gasteiger partial charge in [-0.3, -0.25) is 5.01 Å². The Kier molecular flexibility index (Phi) is 4.79. The van der Waals surface area contributed by atoms with E-state index in [9.17, 15) is 0 Å². The Morgan fingerprint density at radius 3 is 2.25 bits per heavy atom. The van der Waals surface area contributed by atoms with E-state index in [2.05, 4.69) is 74.5 Å². The van der Waals surface area contributed by atoms with E-state index in [-0.39, 0.29) is 0 Å². The summed E-state index contributed by atoms with van der Waals surface area (Å²) in [5.74, 6) is 0. The van der Waals surface area contributed by atoms with E-state index < -0.39 is 0 Å². The molecule has 0 saturated carbocycles. The van der Waals surface area contributed by atoms with Gasteiger partial charge in [0.15, 0.2) is 0 Å². The molecule has 0 bridgehead atoms. The molecule has 2 atom stereocenters. The fourth-order valence-electron chi connectivity index (χ4n) is 3.77. The molecule has 2 unspecified atom stereocenters. The maximum atomic E-state index is 4.83. The quantitative estimate of drug-likeness (QED) is 0.728. The molecule has 24 heavy (non-hydrogen) atoms. The molecule has 1 aromatic carbocycles. The summed E-state index contributed by atoms with van der Waals surface area (Å²) in [5, 5.41) is 7.11. The first-order chi connectivity index (χ1) is 11.5. The molecule has 0 spiro atoms. The van der Waals surface area contributed by atoms with Gasteiger partial charge in [0, 0.05) is 34.7 Å². The molecule has 1 fully saturated rings. The summed E-state index contributed by atoms with van der Waals surface area (Å²) in [6.45, 7) is 11.0. The van der Waals surface area contributed by atoms with Crippen molar-refractivity contribution in [3.8, 4) is 5.69 Å². The lowest BCUT2D eigenvalue weighted by atomic mass is 10.00. The number of aryl methyl sites for hydroxylation is 2. The number of nitrogens with zero attached hydrogens (tertiary/aromatic N) is 3. The van der Waals surface area contributed by atoms with Crippen LogP contribution in [0.2, 0.25) is 0 Å². The van der Waals surface area contributed by atoms with Crippen molar-refractivity contribution < 1.29 is 0 Å². The first-order valence-corrected chi connectivity index (χ1v) is 9.05. The predicted molar refractivity (Wildman–Crippen MR) is 102 cm³/mol. The van der Waals surface area contributed by atoms with Crippen LogP contribution < -0.4 is 0 Å². The van der Waals surface area contributed by atoms with Crippen LogP contribution in [0.15, 0.2) is 35.4 Å². The van der Waals surface area contributed by atoms with Gasteiger partial charge in [0.05, 0.1) is 6.21 Å². The van der Waals surface area contributed by atoms with Crippen molar-refractivity contribution in [3.63, 3.8) is 0 Å². The molecule has 128 valence electrons. The molecular formula is C21H29N3.